The molecule has 0 spiro atoms. The normalized spacial score (nSPS) is 10.5. The van der Waals surface area contributed by atoms with Crippen LogP contribution in [0, 0.1) is 0 Å². The first-order valence-corrected chi connectivity index (χ1v) is 3.68. The summed E-state index contributed by atoms with van der Waals surface area (Å²) in [5, 5.41) is 0. The van der Waals surface area contributed by atoms with E-state index >= 15 is 0 Å². The van der Waals surface area contributed by atoms with Gasteiger partial charge in [-0.15, -0.1) is 23.2 Å². The first-order valence-electron chi connectivity index (χ1n) is 2.61. The Morgan fingerprint density at radius 3 is 1.75 bits per heavy atom. The van der Waals surface area contributed by atoms with Crippen molar-refractivity contribution in [2.45, 2.75) is 0 Å². The molecule has 0 aliphatic rings. The van der Waals surface area contributed by atoms with E-state index in [-0.39, 0.29) is 0 Å². The molecule has 0 saturated heterocycles. The van der Waals surface area contributed by atoms with Crippen molar-refractivity contribution in [3.05, 3.63) is 0 Å². The van der Waals surface area contributed by atoms with Crippen molar-refractivity contribution >= 4 is 23.2 Å². The van der Waals surface area contributed by atoms with Crippen LogP contribution in [0.4, 0.5) is 0 Å². The van der Waals surface area contributed by atoms with Crippen molar-refractivity contribution in [1.29, 1.82) is 0 Å². The zero-order valence-corrected chi connectivity index (χ0v) is 6.54. The van der Waals surface area contributed by atoms with Gasteiger partial charge in [-0.25, -0.2) is 0 Å². The molecule has 0 aromatic heterocycles. The number of rotatable bonds is 4. The third-order valence-electron chi connectivity index (χ3n) is 0.932. The van der Waals surface area contributed by atoms with Crippen molar-refractivity contribution in [3.63, 3.8) is 0 Å². The Kier molecular flexibility index (Phi) is 6.06. The van der Waals surface area contributed by atoms with Crippen LogP contribution in [-0.2, 0) is 0 Å². The molecule has 0 atom stereocenters. The second-order valence-corrected chi connectivity index (χ2v) is 2.44. The van der Waals surface area contributed by atoms with E-state index < -0.39 is 0 Å². The van der Waals surface area contributed by atoms with Gasteiger partial charge in [-0.2, -0.15) is 0 Å². The first-order chi connectivity index (χ1) is 3.81. The van der Waals surface area contributed by atoms with Crippen LogP contribution in [0.3, 0.4) is 0 Å². The highest BCUT2D eigenvalue weighted by atomic mass is 35.5. The number of nitrogens with zero attached hydrogens (tertiary/aromatic N) is 1. The van der Waals surface area contributed by atoms with E-state index in [4.69, 9.17) is 23.2 Å². The lowest BCUT2D eigenvalue weighted by Gasteiger charge is -2.11. The molecule has 0 heterocycles. The van der Waals surface area contributed by atoms with Crippen LogP contribution in [0.1, 0.15) is 0 Å². The van der Waals surface area contributed by atoms with Crippen molar-refractivity contribution in [3.8, 4) is 0 Å². The van der Waals surface area contributed by atoms with Gasteiger partial charge in [0.05, 0.1) is 0 Å². The molecular weight excluding hydrogens is 149 g/mol. The van der Waals surface area contributed by atoms with Crippen LogP contribution in [0.5, 0.6) is 0 Å². The van der Waals surface area contributed by atoms with E-state index in [0.717, 1.165) is 13.1 Å². The highest BCUT2D eigenvalue weighted by Gasteiger charge is 1.92. The maximum absolute atomic E-state index is 5.45. The van der Waals surface area contributed by atoms with Crippen LogP contribution in [0.2, 0.25) is 0 Å². The van der Waals surface area contributed by atoms with Gasteiger partial charge in [0.15, 0.2) is 0 Å². The smallest absolute Gasteiger partial charge is 0.0351 e. The number of hydrogen-bond donors (Lipinski definition) is 0. The maximum atomic E-state index is 5.45. The Labute approximate surface area is 60.6 Å². The van der Waals surface area contributed by atoms with Crippen molar-refractivity contribution in [2.24, 2.45) is 0 Å². The molecule has 0 aromatic carbocycles. The summed E-state index contributed by atoms with van der Waals surface area (Å²) >= 11 is 10.9. The summed E-state index contributed by atoms with van der Waals surface area (Å²) in [7, 11) is 2.00. The standard InChI is InChI=1S/C5H11Cl2N/c1-8(4-2-6)5-3-7/h2-5H2,1H3/i2+1,3+1,4+1,5+1. The van der Waals surface area contributed by atoms with Gasteiger partial charge < -0.3 is 4.90 Å². The minimum absolute atomic E-state index is 0.688. The van der Waals surface area contributed by atoms with Crippen LogP contribution in [-0.4, -0.2) is 36.8 Å². The third-order valence-corrected chi connectivity index (χ3v) is 1.27. The van der Waals surface area contributed by atoms with E-state index in [9.17, 15) is 0 Å². The molecule has 50 valence electrons. The molecule has 0 saturated carbocycles. The van der Waals surface area contributed by atoms with Gasteiger partial charge >= 0.3 is 0 Å². The SMILES string of the molecule is CN([13CH2][13CH2]Cl)[13CH2][13CH2]Cl. The minimum atomic E-state index is 0.688. The lowest BCUT2D eigenvalue weighted by atomic mass is 11.2. The molecule has 0 aliphatic carbocycles. The molecular formula is C5H11Cl2N. The lowest BCUT2D eigenvalue weighted by molar-refractivity contribution is 0.378. The third kappa shape index (κ3) is 4.69. The predicted octanol–water partition coefficient (Wildman–Crippen LogP) is 1.40. The summed E-state index contributed by atoms with van der Waals surface area (Å²) in [4.78, 5) is 2.10. The monoisotopic (exact) mass is 159 g/mol. The van der Waals surface area contributed by atoms with Gasteiger partial charge in [-0.05, 0) is 7.05 Å². The molecule has 0 N–H and O–H groups in total. The van der Waals surface area contributed by atoms with Crippen LogP contribution < -0.4 is 0 Å². The molecule has 0 aliphatic heterocycles. The number of alkyl halides is 2. The second-order valence-electron chi connectivity index (χ2n) is 1.68. The van der Waals surface area contributed by atoms with Crippen LogP contribution in [0.25, 0.3) is 0 Å². The molecule has 0 amide bonds. The molecule has 0 bridgehead atoms. The fourth-order valence-corrected chi connectivity index (χ4v) is 0.977. The highest BCUT2D eigenvalue weighted by Crippen LogP contribution is 1.85. The van der Waals surface area contributed by atoms with Crippen LogP contribution >= 0.6 is 23.2 Å². The Morgan fingerprint density at radius 2 is 1.50 bits per heavy atom. The second kappa shape index (κ2) is 5.67. The Morgan fingerprint density at radius 1 is 1.12 bits per heavy atom. The van der Waals surface area contributed by atoms with Crippen LogP contribution in [0.15, 0.2) is 0 Å². The first kappa shape index (κ1) is 8.54. The molecule has 0 radical (unpaired) electrons. The summed E-state index contributed by atoms with van der Waals surface area (Å²) in [5.74, 6) is 1.38. The minimum Gasteiger partial charge on any atom is -0.304 e. The zero-order chi connectivity index (χ0) is 6.41. The van der Waals surface area contributed by atoms with E-state index in [0.29, 0.717) is 11.8 Å². The Bertz CT molecular complexity index is 43.7. The largest absolute Gasteiger partial charge is 0.304 e. The summed E-state index contributed by atoms with van der Waals surface area (Å²) < 4.78 is 0. The molecule has 0 aromatic rings. The summed E-state index contributed by atoms with van der Waals surface area (Å²) in [6, 6.07) is 0. The van der Waals surface area contributed by atoms with Gasteiger partial charge in [0.25, 0.3) is 0 Å². The fraction of sp³-hybridized carbons (Fsp3) is 1.00. The van der Waals surface area contributed by atoms with Gasteiger partial charge in [-0.1, -0.05) is 0 Å². The molecule has 0 fully saturated rings. The van der Waals surface area contributed by atoms with Crippen molar-refractivity contribution in [2.75, 3.05) is 31.9 Å². The fourth-order valence-electron chi connectivity index (χ4n) is 0.400. The van der Waals surface area contributed by atoms with Gasteiger partial charge in [0, 0.05) is 24.8 Å². The number of hydrogen-bond acceptors (Lipinski definition) is 1. The Hall–Kier alpha value is 0.540. The predicted molar refractivity (Wildman–Crippen MR) is 38.9 cm³/mol. The van der Waals surface area contributed by atoms with E-state index in [1.165, 1.54) is 0 Å². The average molecular weight is 160 g/mol. The molecule has 1 nitrogen and oxygen atoms in total. The van der Waals surface area contributed by atoms with Gasteiger partial charge in [0.2, 0.25) is 0 Å². The van der Waals surface area contributed by atoms with E-state index in [1.54, 1.807) is 0 Å². The summed E-state index contributed by atoms with van der Waals surface area (Å²) in [5.41, 5.74) is 0. The average Bonchev–Trinajstić information content (AvgIpc) is 1.68. The molecule has 3 heteroatoms. The van der Waals surface area contributed by atoms with Gasteiger partial charge in [0.1, 0.15) is 0 Å². The van der Waals surface area contributed by atoms with E-state index in [2.05, 4.69) is 4.90 Å². The molecule has 8 heavy (non-hydrogen) atoms. The maximum Gasteiger partial charge on any atom is 0.0351 e. The topological polar surface area (TPSA) is 3.24 Å². The summed E-state index contributed by atoms with van der Waals surface area (Å²) in [6.07, 6.45) is 0. The molecule has 0 rings (SSSR count). The van der Waals surface area contributed by atoms with Crippen molar-refractivity contribution < 1.29 is 0 Å². The molecule has 0 unspecified atom stereocenters. The summed E-state index contributed by atoms with van der Waals surface area (Å²) in [6.45, 7) is 1.85. The zero-order valence-electron chi connectivity index (χ0n) is 5.03. The van der Waals surface area contributed by atoms with Gasteiger partial charge in [-0.3, -0.25) is 0 Å². The van der Waals surface area contributed by atoms with Crippen molar-refractivity contribution in [1.82, 2.24) is 4.90 Å². The Balaban J connectivity index is 2.92. The van der Waals surface area contributed by atoms with E-state index in [1.807, 2.05) is 7.05 Å². The quantitative estimate of drug-likeness (QED) is 0.443. The highest BCUT2D eigenvalue weighted by molar-refractivity contribution is 6.18. The number of halogens is 2. The lowest BCUT2D eigenvalue weighted by Crippen LogP contribution is -2.22.